The number of hydrogen-bond donors (Lipinski definition) is 0. The molecule has 0 bridgehead atoms. The molecule has 0 aliphatic carbocycles. The molecule has 0 unspecified atom stereocenters. The minimum atomic E-state index is -4.31. The third kappa shape index (κ3) is 2.73. The number of benzene rings is 2. The molecule has 0 atom stereocenters. The maximum absolute atomic E-state index is 13.0. The van der Waals surface area contributed by atoms with Crippen LogP contribution in [0.2, 0.25) is 0 Å². The Morgan fingerprint density at radius 3 is 2.23 bits per heavy atom. The number of fused-ring (bicyclic) bond motifs is 1. The molecule has 114 valence electrons. The summed E-state index contributed by atoms with van der Waals surface area (Å²) in [6, 6.07) is 16.5. The lowest BCUT2D eigenvalue weighted by Crippen LogP contribution is -2.01. The van der Waals surface area contributed by atoms with Crippen molar-refractivity contribution in [1.82, 2.24) is 4.57 Å². The number of aromatic nitrogens is 1. The van der Waals surface area contributed by atoms with Gasteiger partial charge in [-0.15, -0.1) is 0 Å². The predicted octanol–water partition coefficient (Wildman–Crippen LogP) is 5.94. The van der Waals surface area contributed by atoms with Crippen LogP contribution in [0.1, 0.15) is 6.92 Å². The molecule has 1 heterocycles. The largest absolute Gasteiger partial charge is 0.446 e. The molecule has 0 fully saturated rings. The van der Waals surface area contributed by atoms with Crippen molar-refractivity contribution in [3.63, 3.8) is 0 Å². The Morgan fingerprint density at radius 2 is 1.59 bits per heavy atom. The van der Waals surface area contributed by atoms with Crippen LogP contribution in [0, 0.1) is 0 Å². The Kier molecular flexibility index (Phi) is 3.91. The molecule has 0 spiro atoms. The first-order valence-electron chi connectivity index (χ1n) is 6.93. The van der Waals surface area contributed by atoms with Gasteiger partial charge in [-0.2, -0.15) is 13.2 Å². The molecule has 1 aromatic heterocycles. The molecule has 0 aliphatic rings. The molecule has 3 rings (SSSR count). The van der Waals surface area contributed by atoms with Crippen molar-refractivity contribution in [2.24, 2.45) is 0 Å². The Bertz CT molecular complexity index is 791. The summed E-state index contributed by atoms with van der Waals surface area (Å²) >= 11 is -0.0329. The molecule has 0 aliphatic heterocycles. The predicted molar refractivity (Wildman–Crippen MR) is 85.0 cm³/mol. The van der Waals surface area contributed by atoms with Crippen molar-refractivity contribution in [3.05, 3.63) is 54.6 Å². The molecular formula is C17H14F3NS. The lowest BCUT2D eigenvalue weighted by atomic mass is 10.1. The van der Waals surface area contributed by atoms with Crippen LogP contribution in [0.25, 0.3) is 22.2 Å². The van der Waals surface area contributed by atoms with E-state index in [0.29, 0.717) is 17.6 Å². The molecule has 0 amide bonds. The van der Waals surface area contributed by atoms with Crippen molar-refractivity contribution >= 4 is 22.7 Å². The van der Waals surface area contributed by atoms with Gasteiger partial charge < -0.3 is 4.57 Å². The summed E-state index contributed by atoms with van der Waals surface area (Å²) in [5.41, 5.74) is -2.05. The molecule has 0 N–H and O–H groups in total. The van der Waals surface area contributed by atoms with Crippen LogP contribution in [-0.4, -0.2) is 10.1 Å². The van der Waals surface area contributed by atoms with Crippen LogP contribution in [0.4, 0.5) is 13.2 Å². The van der Waals surface area contributed by atoms with Crippen molar-refractivity contribution in [3.8, 4) is 11.3 Å². The molecule has 2 aromatic carbocycles. The van der Waals surface area contributed by atoms with E-state index < -0.39 is 5.51 Å². The van der Waals surface area contributed by atoms with E-state index >= 15 is 0 Å². The number of nitrogens with zero attached hydrogens (tertiary/aromatic N) is 1. The zero-order valence-corrected chi connectivity index (χ0v) is 12.7. The molecule has 3 aromatic rings. The number of thioether (sulfide) groups is 1. The molecule has 0 radical (unpaired) electrons. The SMILES string of the molecule is CCn1c(-c2ccccc2)c(SC(F)(F)F)c2ccccc21. The van der Waals surface area contributed by atoms with E-state index in [2.05, 4.69) is 0 Å². The van der Waals surface area contributed by atoms with Crippen LogP contribution >= 0.6 is 11.8 Å². The zero-order valence-electron chi connectivity index (χ0n) is 11.9. The average Bonchev–Trinajstić information content (AvgIpc) is 2.80. The quantitative estimate of drug-likeness (QED) is 0.540. The average molecular weight is 321 g/mol. The van der Waals surface area contributed by atoms with Gasteiger partial charge in [0.25, 0.3) is 0 Å². The highest BCUT2D eigenvalue weighted by molar-refractivity contribution is 8.00. The number of para-hydroxylation sites is 1. The van der Waals surface area contributed by atoms with Crippen molar-refractivity contribution in [1.29, 1.82) is 0 Å². The van der Waals surface area contributed by atoms with Gasteiger partial charge in [-0.3, -0.25) is 0 Å². The standard InChI is InChI=1S/C17H14F3NS/c1-2-21-14-11-7-6-10-13(14)16(22-17(18,19)20)15(21)12-8-4-3-5-9-12/h3-11H,2H2,1H3. The molecule has 0 saturated heterocycles. The van der Waals surface area contributed by atoms with Gasteiger partial charge >= 0.3 is 5.51 Å². The van der Waals surface area contributed by atoms with Crippen molar-refractivity contribution < 1.29 is 13.2 Å². The van der Waals surface area contributed by atoms with E-state index in [0.717, 1.165) is 11.1 Å². The second-order valence-electron chi connectivity index (χ2n) is 4.85. The normalized spacial score (nSPS) is 12.0. The van der Waals surface area contributed by atoms with Gasteiger partial charge in [0, 0.05) is 22.3 Å². The Morgan fingerprint density at radius 1 is 0.955 bits per heavy atom. The summed E-state index contributed by atoms with van der Waals surface area (Å²) in [5.74, 6) is 0. The second-order valence-corrected chi connectivity index (χ2v) is 5.93. The Labute approximate surface area is 130 Å². The molecular weight excluding hydrogens is 307 g/mol. The van der Waals surface area contributed by atoms with E-state index in [9.17, 15) is 13.2 Å². The maximum Gasteiger partial charge on any atom is 0.446 e. The first kappa shape index (κ1) is 15.0. The monoisotopic (exact) mass is 321 g/mol. The Hall–Kier alpha value is -1.88. The van der Waals surface area contributed by atoms with Crippen molar-refractivity contribution in [2.75, 3.05) is 0 Å². The highest BCUT2D eigenvalue weighted by Crippen LogP contribution is 2.46. The lowest BCUT2D eigenvalue weighted by molar-refractivity contribution is -0.0327. The first-order chi connectivity index (χ1) is 10.5. The van der Waals surface area contributed by atoms with Gasteiger partial charge in [0.2, 0.25) is 0 Å². The number of hydrogen-bond acceptors (Lipinski definition) is 1. The smallest absolute Gasteiger partial charge is 0.340 e. The number of rotatable bonds is 3. The van der Waals surface area contributed by atoms with Gasteiger partial charge in [0.1, 0.15) is 0 Å². The Balaban J connectivity index is 2.34. The van der Waals surface area contributed by atoms with E-state index in [1.807, 2.05) is 54.0 Å². The summed E-state index contributed by atoms with van der Waals surface area (Å²) in [6.07, 6.45) is 0. The van der Waals surface area contributed by atoms with Gasteiger partial charge in [-0.05, 0) is 30.3 Å². The fourth-order valence-corrected chi connectivity index (χ4v) is 3.54. The second kappa shape index (κ2) is 5.72. The number of aryl methyl sites for hydroxylation is 1. The summed E-state index contributed by atoms with van der Waals surface area (Å²) < 4.78 is 41.0. The molecule has 0 saturated carbocycles. The highest BCUT2D eigenvalue weighted by Gasteiger charge is 2.33. The fraction of sp³-hybridized carbons (Fsp3) is 0.176. The van der Waals surface area contributed by atoms with E-state index in [1.54, 1.807) is 12.1 Å². The summed E-state index contributed by atoms with van der Waals surface area (Å²) in [5, 5.41) is 0.644. The van der Waals surface area contributed by atoms with Crippen LogP contribution in [0.3, 0.4) is 0 Å². The third-order valence-electron chi connectivity index (χ3n) is 3.51. The van der Waals surface area contributed by atoms with Gasteiger partial charge in [0.15, 0.2) is 0 Å². The third-order valence-corrected chi connectivity index (χ3v) is 4.35. The first-order valence-corrected chi connectivity index (χ1v) is 7.75. The van der Waals surface area contributed by atoms with Crippen LogP contribution in [-0.2, 0) is 6.54 Å². The topological polar surface area (TPSA) is 4.93 Å². The van der Waals surface area contributed by atoms with Crippen LogP contribution in [0.5, 0.6) is 0 Å². The zero-order chi connectivity index (χ0) is 15.7. The van der Waals surface area contributed by atoms with Crippen molar-refractivity contribution in [2.45, 2.75) is 23.9 Å². The van der Waals surface area contributed by atoms with Crippen LogP contribution < -0.4 is 0 Å². The summed E-state index contributed by atoms with van der Waals surface area (Å²) in [6.45, 7) is 2.56. The fourth-order valence-electron chi connectivity index (χ4n) is 2.70. The van der Waals surface area contributed by atoms with Crippen LogP contribution in [0.15, 0.2) is 59.5 Å². The van der Waals surface area contributed by atoms with Gasteiger partial charge in [-0.25, -0.2) is 0 Å². The molecule has 1 nitrogen and oxygen atoms in total. The molecule has 22 heavy (non-hydrogen) atoms. The summed E-state index contributed by atoms with van der Waals surface area (Å²) in [4.78, 5) is 0.274. The van der Waals surface area contributed by atoms with E-state index in [1.165, 1.54) is 0 Å². The summed E-state index contributed by atoms with van der Waals surface area (Å²) in [7, 11) is 0. The molecule has 5 heteroatoms. The minimum Gasteiger partial charge on any atom is -0.340 e. The van der Waals surface area contributed by atoms with Gasteiger partial charge in [0.05, 0.1) is 5.69 Å². The lowest BCUT2D eigenvalue weighted by Gasteiger charge is -2.11. The highest BCUT2D eigenvalue weighted by atomic mass is 32.2. The van der Waals surface area contributed by atoms with E-state index in [4.69, 9.17) is 0 Å². The van der Waals surface area contributed by atoms with E-state index in [-0.39, 0.29) is 16.7 Å². The number of halogens is 3. The number of alkyl halides is 3. The maximum atomic E-state index is 13.0. The minimum absolute atomic E-state index is 0.0329. The van der Waals surface area contributed by atoms with Gasteiger partial charge in [-0.1, -0.05) is 48.5 Å².